The summed E-state index contributed by atoms with van der Waals surface area (Å²) in [6, 6.07) is 14.3. The monoisotopic (exact) mass is 641 g/mol. The van der Waals surface area contributed by atoms with Crippen molar-refractivity contribution in [2.75, 3.05) is 6.61 Å². The van der Waals surface area contributed by atoms with Crippen LogP contribution in [0, 0.1) is 25.2 Å². The lowest BCUT2D eigenvalue weighted by Gasteiger charge is -2.16. The van der Waals surface area contributed by atoms with Gasteiger partial charge in [0.05, 0.1) is 43.8 Å². The van der Waals surface area contributed by atoms with Gasteiger partial charge < -0.3 is 9.84 Å². The average molecular weight is 643 g/mol. The van der Waals surface area contributed by atoms with Gasteiger partial charge in [0, 0.05) is 50.7 Å². The molecule has 4 aromatic heterocycles. The molecule has 0 aliphatic carbocycles. The highest BCUT2D eigenvalue weighted by Gasteiger charge is 2.21. The molecule has 0 atom stereocenters. The summed E-state index contributed by atoms with van der Waals surface area (Å²) in [4.78, 5) is 38.8. The van der Waals surface area contributed by atoms with Crippen molar-refractivity contribution >= 4 is 61.6 Å². The summed E-state index contributed by atoms with van der Waals surface area (Å²) in [5, 5.41) is 22.3. The minimum Gasteiger partial charge on any atom is -0.491 e. The zero-order valence-electron chi connectivity index (χ0n) is 23.3. The minimum absolute atomic E-state index is 0.0888. The third-order valence-electron chi connectivity index (χ3n) is 7.14. The largest absolute Gasteiger partial charge is 0.491 e. The lowest BCUT2D eigenvalue weighted by atomic mass is 9.98. The van der Waals surface area contributed by atoms with Crippen LogP contribution >= 0.6 is 34.5 Å². The fraction of sp³-hybridized carbons (Fsp3) is 0.125. The van der Waals surface area contributed by atoms with Crippen molar-refractivity contribution in [2.45, 2.75) is 20.4 Å². The smallest absolute Gasteiger partial charge is 0.338 e. The molecular weight excluding hydrogens is 621 g/mol. The molecule has 4 heterocycles. The summed E-state index contributed by atoms with van der Waals surface area (Å²) in [5.74, 6) is -0.126. The molecule has 0 aliphatic rings. The summed E-state index contributed by atoms with van der Waals surface area (Å²) in [6.45, 7) is 3.72. The van der Waals surface area contributed by atoms with E-state index in [2.05, 4.69) is 21.0 Å². The molecule has 218 valence electrons. The maximum absolute atomic E-state index is 13.8. The van der Waals surface area contributed by atoms with Crippen LogP contribution in [0.15, 0.2) is 65.0 Å². The van der Waals surface area contributed by atoms with Crippen molar-refractivity contribution in [1.82, 2.24) is 19.5 Å². The number of hydrogen-bond donors (Lipinski definition) is 1. The first kappa shape index (κ1) is 29.3. The molecule has 0 saturated heterocycles. The van der Waals surface area contributed by atoms with Crippen LogP contribution in [0.1, 0.15) is 27.4 Å². The number of nitriles is 1. The van der Waals surface area contributed by atoms with Gasteiger partial charge in [0.2, 0.25) is 0 Å². The average Bonchev–Trinajstić information content (AvgIpc) is 3.43. The molecule has 44 heavy (non-hydrogen) atoms. The number of ether oxygens (including phenoxy) is 1. The predicted molar refractivity (Wildman–Crippen MR) is 171 cm³/mol. The molecule has 0 saturated carbocycles. The number of benzene rings is 2. The van der Waals surface area contributed by atoms with Gasteiger partial charge in [-0.3, -0.25) is 19.3 Å². The fourth-order valence-corrected chi connectivity index (χ4v) is 6.69. The van der Waals surface area contributed by atoms with Crippen LogP contribution in [0.4, 0.5) is 0 Å². The third-order valence-corrected chi connectivity index (χ3v) is 8.67. The Labute approximate surface area is 264 Å². The van der Waals surface area contributed by atoms with Crippen molar-refractivity contribution < 1.29 is 14.6 Å². The summed E-state index contributed by atoms with van der Waals surface area (Å²) in [7, 11) is 0. The van der Waals surface area contributed by atoms with Gasteiger partial charge in [-0.15, -0.1) is 11.3 Å². The van der Waals surface area contributed by atoms with Crippen molar-refractivity contribution in [3.05, 3.63) is 103 Å². The SMILES string of the molecule is Cc1cc(-c2cc(Cl)ccc2OCCn2c(C)nc3cc(Cl)c(-c4cccnc4)c(C#N)c3c2=O)c2scc(C(=O)O)c2n1. The normalized spacial score (nSPS) is 11.2. The molecule has 1 N–H and O–H groups in total. The number of carbonyl (C=O) groups is 1. The molecular formula is C32H21Cl2N5O4S. The number of rotatable bonds is 7. The first-order chi connectivity index (χ1) is 21.2. The number of nitrogens with zero attached hydrogens (tertiary/aromatic N) is 5. The predicted octanol–water partition coefficient (Wildman–Crippen LogP) is 7.31. The Kier molecular flexibility index (Phi) is 7.78. The van der Waals surface area contributed by atoms with Gasteiger partial charge in [-0.1, -0.05) is 29.3 Å². The molecule has 0 spiro atoms. The molecule has 9 nitrogen and oxygen atoms in total. The van der Waals surface area contributed by atoms with Crippen molar-refractivity contribution in [3.8, 4) is 34.1 Å². The Morgan fingerprint density at radius 2 is 1.95 bits per heavy atom. The van der Waals surface area contributed by atoms with Crippen LogP contribution in [0.5, 0.6) is 5.75 Å². The number of fused-ring (bicyclic) bond motifs is 2. The van der Waals surface area contributed by atoms with E-state index in [-0.39, 0.29) is 29.7 Å². The van der Waals surface area contributed by atoms with Crippen molar-refractivity contribution in [2.24, 2.45) is 0 Å². The Bertz CT molecular complexity index is 2230. The van der Waals surface area contributed by atoms with E-state index in [1.54, 1.807) is 68.0 Å². The van der Waals surface area contributed by atoms with Crippen LogP contribution in [0.3, 0.4) is 0 Å². The number of thiophene rings is 1. The van der Waals surface area contributed by atoms with Crippen molar-refractivity contribution in [3.63, 3.8) is 0 Å². The van der Waals surface area contributed by atoms with Crippen LogP contribution in [0.25, 0.3) is 43.4 Å². The molecule has 6 aromatic rings. The van der Waals surface area contributed by atoms with Gasteiger partial charge in [0.25, 0.3) is 5.56 Å². The lowest BCUT2D eigenvalue weighted by molar-refractivity contribution is 0.0699. The van der Waals surface area contributed by atoms with E-state index in [0.717, 1.165) is 5.56 Å². The summed E-state index contributed by atoms with van der Waals surface area (Å²) in [6.07, 6.45) is 3.20. The van der Waals surface area contributed by atoms with E-state index in [1.807, 2.05) is 6.07 Å². The molecule has 0 fully saturated rings. The number of carboxylic acids is 1. The summed E-state index contributed by atoms with van der Waals surface area (Å²) >= 11 is 14.2. The number of aromatic nitrogens is 4. The highest BCUT2D eigenvalue weighted by atomic mass is 35.5. The Balaban J connectivity index is 1.38. The van der Waals surface area contributed by atoms with E-state index in [9.17, 15) is 20.0 Å². The molecule has 0 radical (unpaired) electrons. The van der Waals surface area contributed by atoms with Crippen LogP contribution < -0.4 is 10.3 Å². The molecule has 0 amide bonds. The lowest BCUT2D eigenvalue weighted by Crippen LogP contribution is -2.27. The van der Waals surface area contributed by atoms with Crippen LogP contribution in [-0.4, -0.2) is 37.2 Å². The molecule has 2 aromatic carbocycles. The van der Waals surface area contributed by atoms with Gasteiger partial charge in [-0.05, 0) is 50.2 Å². The maximum Gasteiger partial charge on any atom is 0.338 e. The van der Waals surface area contributed by atoms with Crippen LogP contribution in [-0.2, 0) is 6.54 Å². The first-order valence-corrected chi connectivity index (χ1v) is 14.9. The Morgan fingerprint density at radius 1 is 1.14 bits per heavy atom. The fourth-order valence-electron chi connectivity index (χ4n) is 5.20. The second kappa shape index (κ2) is 11.7. The summed E-state index contributed by atoms with van der Waals surface area (Å²) < 4.78 is 8.37. The minimum atomic E-state index is -1.05. The van der Waals surface area contributed by atoms with E-state index in [0.29, 0.717) is 59.7 Å². The highest BCUT2D eigenvalue weighted by molar-refractivity contribution is 7.18. The van der Waals surface area contributed by atoms with E-state index in [4.69, 9.17) is 27.9 Å². The number of pyridine rings is 2. The molecule has 0 unspecified atom stereocenters. The van der Waals surface area contributed by atoms with Gasteiger partial charge in [0.1, 0.15) is 24.3 Å². The number of aryl methyl sites for hydroxylation is 2. The van der Waals surface area contributed by atoms with Gasteiger partial charge in [0.15, 0.2) is 0 Å². The second-order valence-corrected chi connectivity index (χ2v) is 11.6. The molecule has 0 bridgehead atoms. The number of carboxylic acid groups (broad SMARTS) is 1. The first-order valence-electron chi connectivity index (χ1n) is 13.3. The van der Waals surface area contributed by atoms with E-state index in [1.165, 1.54) is 15.9 Å². The van der Waals surface area contributed by atoms with Crippen molar-refractivity contribution in [1.29, 1.82) is 5.26 Å². The third kappa shape index (κ3) is 5.15. The van der Waals surface area contributed by atoms with Gasteiger partial charge >= 0.3 is 5.97 Å². The topological polar surface area (TPSA) is 131 Å². The Morgan fingerprint density at radius 3 is 2.68 bits per heavy atom. The van der Waals surface area contributed by atoms with E-state index < -0.39 is 11.5 Å². The maximum atomic E-state index is 13.8. The standard InChI is InChI=1S/C32H21Cl2N5O4S/c1-16-10-21(30-29(37-16)23(15-44-30)32(41)42)20-11-19(33)5-6-26(20)43-9-8-39-17(2)38-25-12-24(34)27(18-4-3-7-36-14-18)22(13-35)28(25)31(39)40/h3-7,10-12,14-15H,8-9H2,1-2H3,(H,41,42). The van der Waals surface area contributed by atoms with E-state index >= 15 is 0 Å². The van der Waals surface area contributed by atoms with Gasteiger partial charge in [-0.2, -0.15) is 5.26 Å². The summed E-state index contributed by atoms with van der Waals surface area (Å²) in [5.41, 5.74) is 3.66. The Hall–Kier alpha value is -4.82. The number of hydrogen-bond acceptors (Lipinski definition) is 8. The number of halogens is 2. The zero-order valence-corrected chi connectivity index (χ0v) is 25.6. The molecule has 6 rings (SSSR count). The number of aromatic carboxylic acids is 1. The van der Waals surface area contributed by atoms with Gasteiger partial charge in [-0.25, -0.2) is 9.78 Å². The zero-order chi connectivity index (χ0) is 31.1. The molecule has 0 aliphatic heterocycles. The quantitative estimate of drug-likeness (QED) is 0.192. The highest BCUT2D eigenvalue weighted by Crippen LogP contribution is 2.40. The second-order valence-electron chi connectivity index (χ2n) is 9.90. The van der Waals surface area contributed by atoms with Crippen LogP contribution in [0.2, 0.25) is 10.0 Å². The molecule has 12 heteroatoms.